The Morgan fingerprint density at radius 3 is 2.29 bits per heavy atom. The van der Waals surface area contributed by atoms with Gasteiger partial charge in [-0.25, -0.2) is 0 Å². The number of aryl methyl sites for hydroxylation is 2. The molecule has 3 aromatic rings. The first-order valence-electron chi connectivity index (χ1n) is 9.25. The third kappa shape index (κ3) is 4.82. The number of amides is 2. The third-order valence-corrected chi connectivity index (χ3v) is 4.58. The highest BCUT2D eigenvalue weighted by Gasteiger charge is 2.12. The van der Waals surface area contributed by atoms with Crippen molar-refractivity contribution in [1.29, 1.82) is 0 Å². The van der Waals surface area contributed by atoms with Gasteiger partial charge in [0.05, 0.1) is 11.1 Å². The highest BCUT2D eigenvalue weighted by Crippen LogP contribution is 2.13. The molecule has 0 aliphatic heterocycles. The molecular formula is C23H23N3O2. The van der Waals surface area contributed by atoms with Crippen LogP contribution < -0.4 is 10.6 Å². The first-order chi connectivity index (χ1) is 13.6. The summed E-state index contributed by atoms with van der Waals surface area (Å²) in [6.07, 6.45) is 3.85. The Morgan fingerprint density at radius 1 is 0.929 bits per heavy atom. The second kappa shape index (κ2) is 8.95. The lowest BCUT2D eigenvalue weighted by Crippen LogP contribution is -2.24. The molecule has 0 radical (unpaired) electrons. The summed E-state index contributed by atoms with van der Waals surface area (Å²) in [7, 11) is 0. The Balaban J connectivity index is 1.66. The van der Waals surface area contributed by atoms with Crippen molar-refractivity contribution in [3.8, 4) is 0 Å². The minimum Gasteiger partial charge on any atom is -0.348 e. The van der Waals surface area contributed by atoms with Crippen LogP contribution in [0.4, 0.5) is 5.69 Å². The lowest BCUT2D eigenvalue weighted by atomic mass is 10.1. The summed E-state index contributed by atoms with van der Waals surface area (Å²) in [6, 6.07) is 17.1. The summed E-state index contributed by atoms with van der Waals surface area (Å²) >= 11 is 0. The van der Waals surface area contributed by atoms with E-state index in [-0.39, 0.29) is 11.8 Å². The number of rotatable bonds is 6. The van der Waals surface area contributed by atoms with E-state index in [0.29, 0.717) is 23.4 Å². The zero-order chi connectivity index (χ0) is 19.9. The summed E-state index contributed by atoms with van der Waals surface area (Å²) < 4.78 is 0. The number of hydrogen-bond acceptors (Lipinski definition) is 3. The minimum atomic E-state index is -0.301. The van der Waals surface area contributed by atoms with E-state index < -0.39 is 0 Å². The molecule has 1 aromatic heterocycles. The Morgan fingerprint density at radius 2 is 1.61 bits per heavy atom. The maximum atomic E-state index is 12.5. The number of pyridine rings is 1. The highest BCUT2D eigenvalue weighted by atomic mass is 16.2. The molecule has 28 heavy (non-hydrogen) atoms. The van der Waals surface area contributed by atoms with Crippen molar-refractivity contribution in [2.75, 3.05) is 5.32 Å². The molecule has 0 aliphatic carbocycles. The predicted molar refractivity (Wildman–Crippen MR) is 110 cm³/mol. The van der Waals surface area contributed by atoms with E-state index in [4.69, 9.17) is 0 Å². The largest absolute Gasteiger partial charge is 0.348 e. The van der Waals surface area contributed by atoms with E-state index in [0.717, 1.165) is 17.5 Å². The fourth-order valence-electron chi connectivity index (χ4n) is 2.80. The number of anilines is 1. The number of nitrogens with one attached hydrogen (secondary N) is 2. The molecule has 0 aliphatic rings. The third-order valence-electron chi connectivity index (χ3n) is 4.58. The molecular weight excluding hydrogens is 350 g/mol. The minimum absolute atomic E-state index is 0.266. The van der Waals surface area contributed by atoms with Crippen molar-refractivity contribution >= 4 is 17.5 Å². The number of aromatic nitrogens is 1. The molecule has 5 heteroatoms. The van der Waals surface area contributed by atoms with Crippen molar-refractivity contribution in [1.82, 2.24) is 10.3 Å². The second-order valence-corrected chi connectivity index (χ2v) is 6.58. The summed E-state index contributed by atoms with van der Waals surface area (Å²) in [5, 5.41) is 5.70. The van der Waals surface area contributed by atoms with Gasteiger partial charge in [-0.15, -0.1) is 0 Å². The van der Waals surface area contributed by atoms with Crippen molar-refractivity contribution in [2.45, 2.75) is 26.8 Å². The average molecular weight is 373 g/mol. The molecule has 0 atom stereocenters. The van der Waals surface area contributed by atoms with Gasteiger partial charge in [-0.2, -0.15) is 0 Å². The van der Waals surface area contributed by atoms with E-state index >= 15 is 0 Å². The first-order valence-corrected chi connectivity index (χ1v) is 9.25. The summed E-state index contributed by atoms with van der Waals surface area (Å²) in [6.45, 7) is 4.50. The van der Waals surface area contributed by atoms with Crippen LogP contribution in [0.15, 0.2) is 67.0 Å². The van der Waals surface area contributed by atoms with Gasteiger partial charge in [-0.05, 0) is 48.2 Å². The number of carbonyl (C=O) groups excluding carboxylic acids is 2. The fraction of sp³-hybridized carbons (Fsp3) is 0.174. The molecule has 2 aromatic carbocycles. The van der Waals surface area contributed by atoms with Gasteiger partial charge in [0.25, 0.3) is 11.8 Å². The quantitative estimate of drug-likeness (QED) is 0.682. The van der Waals surface area contributed by atoms with Gasteiger partial charge in [0.15, 0.2) is 0 Å². The number of nitrogens with zero attached hydrogens (tertiary/aromatic N) is 1. The van der Waals surface area contributed by atoms with Crippen LogP contribution in [0.1, 0.15) is 44.3 Å². The number of benzene rings is 2. The topological polar surface area (TPSA) is 71.1 Å². The van der Waals surface area contributed by atoms with Crippen LogP contribution in [-0.4, -0.2) is 16.8 Å². The van der Waals surface area contributed by atoms with Gasteiger partial charge in [0.2, 0.25) is 0 Å². The maximum absolute atomic E-state index is 12.5. The van der Waals surface area contributed by atoms with Crippen molar-refractivity contribution < 1.29 is 9.59 Å². The van der Waals surface area contributed by atoms with E-state index in [1.165, 1.54) is 18.0 Å². The SMILES string of the molecule is CCc1ccc(NC(=O)c2cncc(C(=O)NCc3ccccc3C)c2)cc1. The van der Waals surface area contributed by atoms with Crippen LogP contribution in [0.3, 0.4) is 0 Å². The predicted octanol–water partition coefficient (Wildman–Crippen LogP) is 4.13. The number of carbonyl (C=O) groups is 2. The summed E-state index contributed by atoms with van der Waals surface area (Å²) in [4.78, 5) is 29.0. The number of hydrogen-bond donors (Lipinski definition) is 2. The molecule has 0 unspecified atom stereocenters. The Bertz CT molecular complexity index is 981. The zero-order valence-corrected chi connectivity index (χ0v) is 16.0. The summed E-state index contributed by atoms with van der Waals surface area (Å²) in [5.41, 5.74) is 4.76. The van der Waals surface area contributed by atoms with Gasteiger partial charge in [0.1, 0.15) is 0 Å². The van der Waals surface area contributed by atoms with Crippen molar-refractivity contribution in [2.24, 2.45) is 0 Å². The van der Waals surface area contributed by atoms with Crippen LogP contribution in [0.25, 0.3) is 0 Å². The first kappa shape index (κ1) is 19.3. The van der Waals surface area contributed by atoms with Crippen LogP contribution in [-0.2, 0) is 13.0 Å². The van der Waals surface area contributed by atoms with Gasteiger partial charge in [0, 0.05) is 24.6 Å². The average Bonchev–Trinajstić information content (AvgIpc) is 2.73. The van der Waals surface area contributed by atoms with E-state index in [1.807, 2.05) is 55.5 Å². The molecule has 2 amide bonds. The maximum Gasteiger partial charge on any atom is 0.257 e. The molecule has 1 heterocycles. The van der Waals surface area contributed by atoms with Crippen molar-refractivity contribution in [3.05, 3.63) is 94.8 Å². The van der Waals surface area contributed by atoms with Gasteiger partial charge >= 0.3 is 0 Å². The van der Waals surface area contributed by atoms with E-state index in [1.54, 1.807) is 6.07 Å². The standard InChI is InChI=1S/C23H23N3O2/c1-3-17-8-10-21(11-9-17)26-23(28)20-12-19(13-24-14-20)22(27)25-15-18-7-5-4-6-16(18)2/h4-14H,3,15H2,1-2H3,(H,25,27)(H,26,28). The van der Waals surface area contributed by atoms with Crippen molar-refractivity contribution in [3.63, 3.8) is 0 Å². The molecule has 0 saturated carbocycles. The summed E-state index contributed by atoms with van der Waals surface area (Å²) in [5.74, 6) is -0.567. The van der Waals surface area contributed by atoms with Crippen LogP contribution in [0.2, 0.25) is 0 Å². The molecule has 142 valence electrons. The van der Waals surface area contributed by atoms with Crippen LogP contribution in [0.5, 0.6) is 0 Å². The van der Waals surface area contributed by atoms with E-state index in [2.05, 4.69) is 22.5 Å². The van der Waals surface area contributed by atoms with Gasteiger partial charge < -0.3 is 10.6 Å². The lowest BCUT2D eigenvalue weighted by Gasteiger charge is -2.09. The lowest BCUT2D eigenvalue weighted by molar-refractivity contribution is 0.0950. The van der Waals surface area contributed by atoms with E-state index in [9.17, 15) is 9.59 Å². The van der Waals surface area contributed by atoms with Gasteiger partial charge in [-0.3, -0.25) is 14.6 Å². The molecule has 3 rings (SSSR count). The molecule has 0 bridgehead atoms. The second-order valence-electron chi connectivity index (χ2n) is 6.58. The Kier molecular flexibility index (Phi) is 6.17. The smallest absolute Gasteiger partial charge is 0.257 e. The highest BCUT2D eigenvalue weighted by molar-refractivity contribution is 6.05. The van der Waals surface area contributed by atoms with Crippen LogP contribution >= 0.6 is 0 Å². The fourth-order valence-corrected chi connectivity index (χ4v) is 2.80. The Labute approximate surface area is 164 Å². The van der Waals surface area contributed by atoms with Gasteiger partial charge in [-0.1, -0.05) is 43.3 Å². The molecule has 0 saturated heterocycles. The normalized spacial score (nSPS) is 10.4. The van der Waals surface area contributed by atoms with Crippen LogP contribution in [0, 0.1) is 6.92 Å². The molecule has 0 fully saturated rings. The monoisotopic (exact) mass is 373 g/mol. The molecule has 5 nitrogen and oxygen atoms in total. The Hall–Kier alpha value is -3.47. The molecule has 0 spiro atoms. The zero-order valence-electron chi connectivity index (χ0n) is 16.0. The molecule has 2 N–H and O–H groups in total.